The number of anilines is 1. The Hall–Kier alpha value is -1.46. The molecule has 1 unspecified atom stereocenters. The maximum absolute atomic E-state index is 6.54. The highest BCUT2D eigenvalue weighted by atomic mass is 35.5. The van der Waals surface area contributed by atoms with Crippen molar-refractivity contribution in [2.24, 2.45) is 10.9 Å². The first kappa shape index (κ1) is 19.8. The van der Waals surface area contributed by atoms with Gasteiger partial charge in [-0.1, -0.05) is 24.9 Å². The van der Waals surface area contributed by atoms with Crippen LogP contribution in [0.5, 0.6) is 0 Å². The number of rotatable bonds is 8. The van der Waals surface area contributed by atoms with E-state index < -0.39 is 0 Å². The van der Waals surface area contributed by atoms with E-state index in [0.717, 1.165) is 49.3 Å². The first-order valence-corrected chi connectivity index (χ1v) is 11.3. The quantitative estimate of drug-likeness (QED) is 0.651. The Kier molecular flexibility index (Phi) is 6.32. The van der Waals surface area contributed by atoms with Crippen molar-refractivity contribution in [1.82, 2.24) is 15.3 Å². The maximum atomic E-state index is 6.54. The molecule has 1 aromatic heterocycles. The molecule has 0 radical (unpaired) electrons. The Morgan fingerprint density at radius 1 is 1.11 bits per heavy atom. The zero-order valence-corrected chi connectivity index (χ0v) is 17.8. The van der Waals surface area contributed by atoms with Crippen molar-refractivity contribution in [3.63, 3.8) is 0 Å². The molecule has 4 rings (SSSR count). The molecule has 0 saturated heterocycles. The van der Waals surface area contributed by atoms with Crippen molar-refractivity contribution in [3.8, 4) is 0 Å². The van der Waals surface area contributed by atoms with E-state index in [4.69, 9.17) is 21.6 Å². The zero-order chi connectivity index (χ0) is 19.5. The molecule has 2 saturated carbocycles. The smallest absolute Gasteiger partial charge is 0.223 e. The van der Waals surface area contributed by atoms with E-state index in [2.05, 4.69) is 29.6 Å². The number of hydrogen-bond acceptors (Lipinski definition) is 5. The SMILES string of the molecule is CCCC1N=CC(c2nc(N[C@H]3CC[C@H](NC)CC3)ncc2Cl)=C1CC1CC1. The number of nitrogens with one attached hydrogen (secondary N) is 2. The molecule has 1 aromatic rings. The van der Waals surface area contributed by atoms with Crippen molar-refractivity contribution in [2.45, 2.75) is 82.8 Å². The number of aliphatic imine (C=N–C) groups is 1. The molecule has 28 heavy (non-hydrogen) atoms. The van der Waals surface area contributed by atoms with Crippen LogP contribution < -0.4 is 10.6 Å². The summed E-state index contributed by atoms with van der Waals surface area (Å²) >= 11 is 6.54. The van der Waals surface area contributed by atoms with Gasteiger partial charge in [0.05, 0.1) is 23.0 Å². The van der Waals surface area contributed by atoms with Crippen LogP contribution in [0.4, 0.5) is 5.95 Å². The number of aromatic nitrogens is 2. The monoisotopic (exact) mass is 401 g/mol. The fourth-order valence-corrected chi connectivity index (χ4v) is 4.66. The van der Waals surface area contributed by atoms with Gasteiger partial charge in [0.2, 0.25) is 5.95 Å². The zero-order valence-electron chi connectivity index (χ0n) is 17.0. The molecule has 5 nitrogen and oxygen atoms in total. The summed E-state index contributed by atoms with van der Waals surface area (Å²) in [7, 11) is 2.05. The lowest BCUT2D eigenvalue weighted by atomic mass is 9.91. The van der Waals surface area contributed by atoms with E-state index in [0.29, 0.717) is 29.1 Å². The molecule has 2 N–H and O–H groups in total. The van der Waals surface area contributed by atoms with E-state index >= 15 is 0 Å². The number of allylic oxidation sites excluding steroid dienone is 1. The van der Waals surface area contributed by atoms with Crippen molar-refractivity contribution in [3.05, 3.63) is 22.5 Å². The van der Waals surface area contributed by atoms with Gasteiger partial charge in [-0.3, -0.25) is 4.99 Å². The molecule has 0 bridgehead atoms. The summed E-state index contributed by atoms with van der Waals surface area (Å²) in [5.41, 5.74) is 3.42. The van der Waals surface area contributed by atoms with Crippen LogP contribution in [0.3, 0.4) is 0 Å². The van der Waals surface area contributed by atoms with E-state index in [1.807, 2.05) is 6.21 Å². The minimum absolute atomic E-state index is 0.305. The van der Waals surface area contributed by atoms with Crippen LogP contribution in [0.25, 0.3) is 5.57 Å². The van der Waals surface area contributed by atoms with Crippen LogP contribution in [0.1, 0.15) is 70.4 Å². The summed E-state index contributed by atoms with van der Waals surface area (Å²) in [6.45, 7) is 2.23. The highest BCUT2D eigenvalue weighted by Crippen LogP contribution is 2.42. The highest BCUT2D eigenvalue weighted by Gasteiger charge is 2.31. The van der Waals surface area contributed by atoms with Gasteiger partial charge in [-0.2, -0.15) is 0 Å². The van der Waals surface area contributed by atoms with Gasteiger partial charge < -0.3 is 10.6 Å². The summed E-state index contributed by atoms with van der Waals surface area (Å²) in [5.74, 6) is 1.52. The van der Waals surface area contributed by atoms with Crippen molar-refractivity contribution < 1.29 is 0 Å². The van der Waals surface area contributed by atoms with Crippen LogP contribution in [-0.2, 0) is 0 Å². The molecule has 2 heterocycles. The Morgan fingerprint density at radius 3 is 2.54 bits per heavy atom. The van der Waals surface area contributed by atoms with Crippen LogP contribution in [0.15, 0.2) is 16.8 Å². The molecule has 0 aromatic carbocycles. The normalized spacial score (nSPS) is 27.5. The van der Waals surface area contributed by atoms with Gasteiger partial charge in [0.15, 0.2) is 0 Å². The second-order valence-corrected chi connectivity index (χ2v) is 8.95. The fourth-order valence-electron chi connectivity index (χ4n) is 4.47. The summed E-state index contributed by atoms with van der Waals surface area (Å²) in [5, 5.41) is 7.55. The van der Waals surface area contributed by atoms with Gasteiger partial charge >= 0.3 is 0 Å². The summed E-state index contributed by atoms with van der Waals surface area (Å²) in [6, 6.07) is 1.38. The van der Waals surface area contributed by atoms with Gasteiger partial charge in [0.1, 0.15) is 0 Å². The van der Waals surface area contributed by atoms with Crippen LogP contribution in [-0.4, -0.2) is 41.4 Å². The van der Waals surface area contributed by atoms with E-state index in [9.17, 15) is 0 Å². The molecule has 0 spiro atoms. The maximum Gasteiger partial charge on any atom is 0.223 e. The third-order valence-electron chi connectivity index (χ3n) is 6.37. The summed E-state index contributed by atoms with van der Waals surface area (Å²) < 4.78 is 0. The first-order valence-electron chi connectivity index (χ1n) is 10.9. The minimum atomic E-state index is 0.305. The van der Waals surface area contributed by atoms with E-state index in [-0.39, 0.29) is 0 Å². The van der Waals surface area contributed by atoms with Gasteiger partial charge in [0, 0.05) is 23.9 Å². The number of halogens is 1. The van der Waals surface area contributed by atoms with Gasteiger partial charge in [-0.15, -0.1) is 0 Å². The third kappa shape index (κ3) is 4.57. The largest absolute Gasteiger partial charge is 0.351 e. The van der Waals surface area contributed by atoms with Crippen LogP contribution in [0, 0.1) is 5.92 Å². The van der Waals surface area contributed by atoms with E-state index in [1.54, 1.807) is 6.20 Å². The summed E-state index contributed by atoms with van der Waals surface area (Å²) in [6.07, 6.45) is 14.5. The lowest BCUT2D eigenvalue weighted by Crippen LogP contribution is -2.35. The Bertz CT molecular complexity index is 747. The second-order valence-electron chi connectivity index (χ2n) is 8.54. The fraction of sp³-hybridized carbons (Fsp3) is 0.682. The first-order chi connectivity index (χ1) is 13.7. The lowest BCUT2D eigenvalue weighted by Gasteiger charge is -2.28. The van der Waals surface area contributed by atoms with Gasteiger partial charge in [0.25, 0.3) is 0 Å². The third-order valence-corrected chi connectivity index (χ3v) is 6.64. The molecule has 2 aliphatic carbocycles. The topological polar surface area (TPSA) is 62.2 Å². The molecule has 152 valence electrons. The Balaban J connectivity index is 1.54. The predicted molar refractivity (Wildman–Crippen MR) is 117 cm³/mol. The molecule has 1 aliphatic heterocycles. The lowest BCUT2D eigenvalue weighted by molar-refractivity contribution is 0.370. The van der Waals surface area contributed by atoms with Crippen molar-refractivity contribution in [1.29, 1.82) is 0 Å². The minimum Gasteiger partial charge on any atom is -0.351 e. The number of nitrogens with zero attached hydrogens (tertiary/aromatic N) is 3. The predicted octanol–water partition coefficient (Wildman–Crippen LogP) is 4.88. The molecule has 2 fully saturated rings. The Labute approximate surface area is 173 Å². The van der Waals surface area contributed by atoms with Crippen LogP contribution >= 0.6 is 11.6 Å². The van der Waals surface area contributed by atoms with Crippen molar-refractivity contribution >= 4 is 29.3 Å². The number of hydrogen-bond donors (Lipinski definition) is 2. The molecule has 3 aliphatic rings. The van der Waals surface area contributed by atoms with E-state index in [1.165, 1.54) is 31.3 Å². The molecule has 1 atom stereocenters. The Morgan fingerprint density at radius 2 is 1.86 bits per heavy atom. The van der Waals surface area contributed by atoms with Gasteiger partial charge in [-0.25, -0.2) is 9.97 Å². The van der Waals surface area contributed by atoms with Crippen molar-refractivity contribution in [2.75, 3.05) is 12.4 Å². The average Bonchev–Trinajstić information content (AvgIpc) is 3.45. The highest BCUT2D eigenvalue weighted by molar-refractivity contribution is 6.33. The second kappa shape index (κ2) is 8.91. The standard InChI is InChI=1S/C22H32ClN5/c1-3-4-20-17(11-14-5-6-14)18(12-25-20)21-19(23)13-26-22(28-21)27-16-9-7-15(24-2)8-10-16/h12-16,20,24H,3-11H2,1-2H3,(H,26,27,28)/t15-,16-,20?. The molecule has 6 heteroatoms. The van der Waals surface area contributed by atoms with Crippen LogP contribution in [0.2, 0.25) is 5.02 Å². The molecular weight excluding hydrogens is 370 g/mol. The van der Waals surface area contributed by atoms with Gasteiger partial charge in [-0.05, 0) is 69.9 Å². The average molecular weight is 402 g/mol. The molecule has 0 amide bonds. The summed E-state index contributed by atoms with van der Waals surface area (Å²) in [4.78, 5) is 14.1. The molecular formula is C22H32ClN5.